The maximum absolute atomic E-state index is 13.1. The fourth-order valence-electron chi connectivity index (χ4n) is 2.97. The highest BCUT2D eigenvalue weighted by atomic mass is 32.2. The van der Waals surface area contributed by atoms with E-state index in [2.05, 4.69) is 9.97 Å². The van der Waals surface area contributed by atoms with Crippen molar-refractivity contribution in [1.82, 2.24) is 24.9 Å². The van der Waals surface area contributed by atoms with Crippen molar-refractivity contribution in [3.8, 4) is 0 Å². The molecule has 1 atom stereocenters. The summed E-state index contributed by atoms with van der Waals surface area (Å²) in [4.78, 5) is 36.3. The molecule has 0 N–H and O–H groups in total. The van der Waals surface area contributed by atoms with Crippen molar-refractivity contribution in [2.24, 2.45) is 0 Å². The third kappa shape index (κ3) is 5.30. The molecule has 2 heterocycles. The van der Waals surface area contributed by atoms with Crippen LogP contribution in [-0.2, 0) is 11.2 Å². The topological polar surface area (TPSA) is 69.6 Å². The molecule has 1 aliphatic rings. The minimum absolute atomic E-state index is 0. The lowest BCUT2D eigenvalue weighted by Gasteiger charge is -2.27. The standard InChI is InChI=1S/C19H22FN5O2S.CH4/c1-23(2)15-11-24(17(26)10-13-4-6-14(20)7-5-13)25(12-15)18(27)16-8-9-21-19(22-16)28-3;/h4-9,15H,10-12H2,1-3H3;1H4. The van der Waals surface area contributed by atoms with Crippen LogP contribution < -0.4 is 0 Å². The molecule has 0 radical (unpaired) electrons. The number of carbonyl (C=O) groups excluding carboxylic acids is 2. The van der Waals surface area contributed by atoms with Gasteiger partial charge in [0, 0.05) is 12.2 Å². The molecule has 0 bridgehead atoms. The Morgan fingerprint density at radius 3 is 2.45 bits per heavy atom. The van der Waals surface area contributed by atoms with Crippen LogP contribution in [0.1, 0.15) is 23.5 Å². The van der Waals surface area contributed by atoms with E-state index in [0.717, 1.165) is 0 Å². The summed E-state index contributed by atoms with van der Waals surface area (Å²) in [5, 5.41) is 3.42. The maximum Gasteiger partial charge on any atom is 0.291 e. The first kappa shape index (κ1) is 22.8. The zero-order valence-corrected chi connectivity index (χ0v) is 16.8. The molecule has 1 saturated heterocycles. The van der Waals surface area contributed by atoms with Crippen LogP contribution in [0, 0.1) is 5.82 Å². The molecule has 1 unspecified atom stereocenters. The molecule has 0 saturated carbocycles. The van der Waals surface area contributed by atoms with E-state index in [-0.39, 0.29) is 43.2 Å². The first-order valence-electron chi connectivity index (χ1n) is 8.79. The first-order valence-corrected chi connectivity index (χ1v) is 10.0. The number of rotatable bonds is 5. The quantitative estimate of drug-likeness (QED) is 0.547. The van der Waals surface area contributed by atoms with E-state index in [1.807, 2.05) is 25.3 Å². The summed E-state index contributed by atoms with van der Waals surface area (Å²) in [6.45, 7) is 0.791. The minimum atomic E-state index is -0.352. The number of amides is 2. The highest BCUT2D eigenvalue weighted by Crippen LogP contribution is 2.20. The summed E-state index contributed by atoms with van der Waals surface area (Å²) < 4.78 is 13.1. The van der Waals surface area contributed by atoms with Crippen LogP contribution >= 0.6 is 11.8 Å². The van der Waals surface area contributed by atoms with Crippen molar-refractivity contribution in [3.05, 3.63) is 53.6 Å². The minimum Gasteiger partial charge on any atom is -0.303 e. The van der Waals surface area contributed by atoms with Gasteiger partial charge in [0.15, 0.2) is 5.16 Å². The van der Waals surface area contributed by atoms with Crippen molar-refractivity contribution in [2.45, 2.75) is 25.0 Å². The Balaban J connectivity index is 0.00000300. The first-order chi connectivity index (χ1) is 13.4. The Labute approximate surface area is 174 Å². The lowest BCUT2D eigenvalue weighted by atomic mass is 10.1. The molecule has 0 aliphatic carbocycles. The maximum atomic E-state index is 13.1. The molecule has 1 fully saturated rings. The highest BCUT2D eigenvalue weighted by molar-refractivity contribution is 7.98. The average molecular weight is 420 g/mol. The molecule has 2 amide bonds. The molecule has 0 spiro atoms. The van der Waals surface area contributed by atoms with E-state index in [0.29, 0.717) is 23.8 Å². The van der Waals surface area contributed by atoms with Crippen LogP contribution in [-0.4, -0.2) is 76.2 Å². The Bertz CT molecular complexity index is 862. The molecule has 2 aromatic rings. The van der Waals surface area contributed by atoms with Gasteiger partial charge in [-0.2, -0.15) is 0 Å². The van der Waals surface area contributed by atoms with E-state index < -0.39 is 0 Å². The second-order valence-corrected chi connectivity index (χ2v) is 7.49. The predicted octanol–water partition coefficient (Wildman–Crippen LogP) is 2.35. The van der Waals surface area contributed by atoms with Gasteiger partial charge in [-0.25, -0.2) is 24.4 Å². The molecule has 7 nitrogen and oxygen atoms in total. The van der Waals surface area contributed by atoms with Gasteiger partial charge in [-0.3, -0.25) is 9.59 Å². The summed E-state index contributed by atoms with van der Waals surface area (Å²) in [5.74, 6) is -0.909. The largest absolute Gasteiger partial charge is 0.303 e. The number of likely N-dealkylation sites (N-methyl/N-ethyl adjacent to an activating group) is 1. The summed E-state index contributed by atoms with van der Waals surface area (Å²) >= 11 is 1.35. The highest BCUT2D eigenvalue weighted by Gasteiger charge is 2.38. The molecule has 1 aromatic heterocycles. The van der Waals surface area contributed by atoms with Crippen molar-refractivity contribution < 1.29 is 14.0 Å². The van der Waals surface area contributed by atoms with Crippen LogP contribution in [0.4, 0.5) is 4.39 Å². The number of benzene rings is 1. The van der Waals surface area contributed by atoms with Crippen LogP contribution in [0.15, 0.2) is 41.7 Å². The predicted molar refractivity (Wildman–Crippen MR) is 111 cm³/mol. The zero-order valence-electron chi connectivity index (χ0n) is 16.0. The van der Waals surface area contributed by atoms with Gasteiger partial charge < -0.3 is 4.90 Å². The number of halogens is 1. The molecular formula is C20H26FN5O2S. The van der Waals surface area contributed by atoms with E-state index >= 15 is 0 Å². The Morgan fingerprint density at radius 2 is 1.83 bits per heavy atom. The third-order valence-corrected chi connectivity index (χ3v) is 5.18. The Morgan fingerprint density at radius 1 is 1.17 bits per heavy atom. The summed E-state index contributed by atoms with van der Waals surface area (Å²) in [5.41, 5.74) is 0.942. The number of carbonyl (C=O) groups is 2. The van der Waals surface area contributed by atoms with Gasteiger partial charge in [-0.15, -0.1) is 0 Å². The second kappa shape index (κ2) is 9.80. The normalized spacial score (nSPS) is 16.1. The van der Waals surface area contributed by atoms with Crippen LogP contribution in [0.2, 0.25) is 0 Å². The van der Waals surface area contributed by atoms with Gasteiger partial charge in [0.25, 0.3) is 5.91 Å². The molecule has 1 aliphatic heterocycles. The number of hydrogen-bond acceptors (Lipinski definition) is 6. The number of nitrogens with zero attached hydrogens (tertiary/aromatic N) is 5. The summed E-state index contributed by atoms with van der Waals surface area (Å²) in [7, 11) is 3.83. The third-order valence-electron chi connectivity index (χ3n) is 4.62. The van der Waals surface area contributed by atoms with Crippen molar-refractivity contribution >= 4 is 23.6 Å². The number of hydrogen-bond donors (Lipinski definition) is 0. The lowest BCUT2D eigenvalue weighted by molar-refractivity contribution is -0.139. The fourth-order valence-corrected chi connectivity index (χ4v) is 3.32. The Kier molecular flexibility index (Phi) is 7.69. The molecule has 1 aromatic carbocycles. The van der Waals surface area contributed by atoms with Crippen LogP contribution in [0.3, 0.4) is 0 Å². The van der Waals surface area contributed by atoms with Gasteiger partial charge >= 0.3 is 0 Å². The smallest absolute Gasteiger partial charge is 0.291 e. The van der Waals surface area contributed by atoms with Gasteiger partial charge in [0.05, 0.1) is 19.5 Å². The summed E-state index contributed by atoms with van der Waals surface area (Å²) in [6.07, 6.45) is 3.46. The monoisotopic (exact) mass is 419 g/mol. The number of thioether (sulfide) groups is 1. The lowest BCUT2D eigenvalue weighted by Crippen LogP contribution is -2.45. The van der Waals surface area contributed by atoms with E-state index in [4.69, 9.17) is 0 Å². The van der Waals surface area contributed by atoms with Gasteiger partial charge in [0.1, 0.15) is 11.5 Å². The molecule has 29 heavy (non-hydrogen) atoms. The molecule has 156 valence electrons. The van der Waals surface area contributed by atoms with Crippen LogP contribution in [0.25, 0.3) is 0 Å². The molecule has 3 rings (SSSR count). The molecular weight excluding hydrogens is 393 g/mol. The number of hydrazine groups is 1. The fraction of sp³-hybridized carbons (Fsp3) is 0.400. The summed E-state index contributed by atoms with van der Waals surface area (Å²) in [6, 6.07) is 7.37. The average Bonchev–Trinajstić information content (AvgIpc) is 3.15. The van der Waals surface area contributed by atoms with Gasteiger partial charge in [-0.05, 0) is 44.1 Å². The number of aromatic nitrogens is 2. The van der Waals surface area contributed by atoms with E-state index in [1.54, 1.807) is 18.2 Å². The second-order valence-electron chi connectivity index (χ2n) is 6.71. The van der Waals surface area contributed by atoms with E-state index in [1.165, 1.54) is 40.1 Å². The van der Waals surface area contributed by atoms with E-state index in [9.17, 15) is 14.0 Å². The van der Waals surface area contributed by atoms with Crippen molar-refractivity contribution in [1.29, 1.82) is 0 Å². The van der Waals surface area contributed by atoms with Crippen molar-refractivity contribution in [3.63, 3.8) is 0 Å². The zero-order chi connectivity index (χ0) is 20.3. The van der Waals surface area contributed by atoms with Gasteiger partial charge in [-0.1, -0.05) is 31.3 Å². The van der Waals surface area contributed by atoms with Crippen LogP contribution in [0.5, 0.6) is 0 Å². The molecule has 9 heteroatoms. The van der Waals surface area contributed by atoms with Gasteiger partial charge in [0.2, 0.25) is 5.91 Å². The Hall–Kier alpha value is -2.52. The SMILES string of the molecule is C.CSc1nccc(C(=O)N2CC(N(C)C)CN2C(=O)Cc2ccc(F)cc2)n1. The van der Waals surface area contributed by atoms with Crippen molar-refractivity contribution in [2.75, 3.05) is 33.4 Å².